The molecule has 1 saturated heterocycles. The average molecular weight is 180 g/mol. The molecule has 0 aliphatic carbocycles. The van der Waals surface area contributed by atoms with E-state index >= 15 is 0 Å². The minimum absolute atomic E-state index is 0.365. The molecule has 0 saturated carbocycles. The second kappa shape index (κ2) is 3.47. The molecule has 2 rings (SSSR count). The number of aryl methyl sites for hydroxylation is 1. The van der Waals surface area contributed by atoms with Crippen LogP contribution in [0.1, 0.15) is 12.1 Å². The van der Waals surface area contributed by atoms with Crippen molar-refractivity contribution in [1.29, 1.82) is 0 Å². The molecule has 2 heterocycles. The maximum atomic E-state index is 5.82. The van der Waals surface area contributed by atoms with Crippen molar-refractivity contribution in [1.82, 2.24) is 14.7 Å². The highest BCUT2D eigenvalue weighted by atomic mass is 15.3. The summed E-state index contributed by atoms with van der Waals surface area (Å²) in [5.41, 5.74) is 6.95. The standard InChI is InChI=1S/C9H16N4/c1-12-4-3-9(11-12)7-13-5-2-8(10)6-13/h3-4,8H,2,5-7,10H2,1H3. The van der Waals surface area contributed by atoms with Crippen LogP contribution in [0.5, 0.6) is 0 Å². The van der Waals surface area contributed by atoms with E-state index in [9.17, 15) is 0 Å². The van der Waals surface area contributed by atoms with Crippen LogP contribution in [-0.4, -0.2) is 33.8 Å². The van der Waals surface area contributed by atoms with Gasteiger partial charge < -0.3 is 5.73 Å². The summed E-state index contributed by atoms with van der Waals surface area (Å²) in [5.74, 6) is 0. The zero-order chi connectivity index (χ0) is 9.26. The van der Waals surface area contributed by atoms with E-state index in [0.29, 0.717) is 6.04 Å². The van der Waals surface area contributed by atoms with Crippen LogP contribution in [0, 0.1) is 0 Å². The maximum absolute atomic E-state index is 5.82. The van der Waals surface area contributed by atoms with Crippen LogP contribution in [0.2, 0.25) is 0 Å². The Morgan fingerprint density at radius 2 is 2.54 bits per heavy atom. The van der Waals surface area contributed by atoms with Crippen molar-refractivity contribution >= 4 is 0 Å². The highest BCUT2D eigenvalue weighted by Crippen LogP contribution is 2.10. The lowest BCUT2D eigenvalue weighted by atomic mass is 10.3. The van der Waals surface area contributed by atoms with Gasteiger partial charge in [-0.1, -0.05) is 0 Å². The Morgan fingerprint density at radius 3 is 3.08 bits per heavy atom. The molecule has 1 unspecified atom stereocenters. The molecule has 2 N–H and O–H groups in total. The quantitative estimate of drug-likeness (QED) is 0.694. The van der Waals surface area contributed by atoms with Crippen molar-refractivity contribution in [3.63, 3.8) is 0 Å². The number of likely N-dealkylation sites (tertiary alicyclic amines) is 1. The number of hydrogen-bond donors (Lipinski definition) is 1. The van der Waals surface area contributed by atoms with Gasteiger partial charge in [-0.25, -0.2) is 0 Å². The van der Waals surface area contributed by atoms with E-state index in [2.05, 4.69) is 16.1 Å². The van der Waals surface area contributed by atoms with Crippen LogP contribution < -0.4 is 5.73 Å². The van der Waals surface area contributed by atoms with E-state index in [1.54, 1.807) is 0 Å². The van der Waals surface area contributed by atoms with Gasteiger partial charge in [0.1, 0.15) is 0 Å². The van der Waals surface area contributed by atoms with Gasteiger partial charge in [-0.05, 0) is 12.5 Å². The molecule has 13 heavy (non-hydrogen) atoms. The van der Waals surface area contributed by atoms with Crippen molar-refractivity contribution in [3.8, 4) is 0 Å². The van der Waals surface area contributed by atoms with E-state index in [1.165, 1.54) is 0 Å². The zero-order valence-corrected chi connectivity index (χ0v) is 7.98. The van der Waals surface area contributed by atoms with Crippen molar-refractivity contribution < 1.29 is 0 Å². The lowest BCUT2D eigenvalue weighted by Crippen LogP contribution is -2.26. The summed E-state index contributed by atoms with van der Waals surface area (Å²) < 4.78 is 1.84. The molecule has 1 fully saturated rings. The van der Waals surface area contributed by atoms with E-state index in [-0.39, 0.29) is 0 Å². The number of nitrogens with two attached hydrogens (primary N) is 1. The topological polar surface area (TPSA) is 47.1 Å². The molecule has 0 radical (unpaired) electrons. The highest BCUT2D eigenvalue weighted by Gasteiger charge is 2.19. The van der Waals surface area contributed by atoms with Crippen molar-refractivity contribution in [3.05, 3.63) is 18.0 Å². The molecular formula is C9H16N4. The van der Waals surface area contributed by atoms with Gasteiger partial charge in [0.25, 0.3) is 0 Å². The molecule has 1 atom stereocenters. The van der Waals surface area contributed by atoms with Crippen molar-refractivity contribution in [2.75, 3.05) is 13.1 Å². The molecule has 4 heteroatoms. The Balaban J connectivity index is 1.91. The molecular weight excluding hydrogens is 164 g/mol. The van der Waals surface area contributed by atoms with Crippen molar-refractivity contribution in [2.45, 2.75) is 19.0 Å². The first kappa shape index (κ1) is 8.72. The maximum Gasteiger partial charge on any atom is 0.0764 e. The van der Waals surface area contributed by atoms with Crippen LogP contribution in [0.4, 0.5) is 0 Å². The molecule has 0 amide bonds. The highest BCUT2D eigenvalue weighted by molar-refractivity contribution is 4.99. The summed E-state index contributed by atoms with van der Waals surface area (Å²) in [6, 6.07) is 2.42. The Morgan fingerprint density at radius 1 is 1.69 bits per heavy atom. The van der Waals surface area contributed by atoms with Gasteiger partial charge in [-0.15, -0.1) is 0 Å². The first-order valence-electron chi connectivity index (χ1n) is 4.70. The smallest absolute Gasteiger partial charge is 0.0764 e. The normalized spacial score (nSPS) is 24.0. The molecule has 4 nitrogen and oxygen atoms in total. The molecule has 0 bridgehead atoms. The Hall–Kier alpha value is -0.870. The molecule has 1 aliphatic rings. The largest absolute Gasteiger partial charge is 0.326 e. The van der Waals surface area contributed by atoms with Crippen LogP contribution in [-0.2, 0) is 13.6 Å². The molecule has 1 aromatic heterocycles. The van der Waals surface area contributed by atoms with E-state index in [0.717, 1.165) is 31.7 Å². The summed E-state index contributed by atoms with van der Waals surface area (Å²) in [5, 5.41) is 4.33. The first-order chi connectivity index (χ1) is 6.24. The number of nitrogens with zero attached hydrogens (tertiary/aromatic N) is 3. The second-order valence-electron chi connectivity index (χ2n) is 3.76. The van der Waals surface area contributed by atoms with Gasteiger partial charge in [0.15, 0.2) is 0 Å². The minimum atomic E-state index is 0.365. The van der Waals surface area contributed by atoms with E-state index in [4.69, 9.17) is 5.73 Å². The molecule has 1 aliphatic heterocycles. The van der Waals surface area contributed by atoms with Gasteiger partial charge in [0.05, 0.1) is 5.69 Å². The van der Waals surface area contributed by atoms with Crippen LogP contribution in [0.3, 0.4) is 0 Å². The predicted octanol–water partition coefficient (Wildman–Crippen LogP) is -0.0469. The van der Waals surface area contributed by atoms with Crippen LogP contribution in [0.15, 0.2) is 12.3 Å². The summed E-state index contributed by atoms with van der Waals surface area (Å²) in [7, 11) is 1.94. The number of hydrogen-bond acceptors (Lipinski definition) is 3. The van der Waals surface area contributed by atoms with Crippen LogP contribution >= 0.6 is 0 Å². The Kier molecular flexibility index (Phi) is 2.33. The summed E-state index contributed by atoms with van der Waals surface area (Å²) in [4.78, 5) is 2.35. The molecule has 1 aromatic rings. The van der Waals surface area contributed by atoms with Gasteiger partial charge in [0.2, 0.25) is 0 Å². The predicted molar refractivity (Wildman–Crippen MR) is 51.1 cm³/mol. The third kappa shape index (κ3) is 2.08. The van der Waals surface area contributed by atoms with Gasteiger partial charge in [-0.2, -0.15) is 5.10 Å². The second-order valence-corrected chi connectivity index (χ2v) is 3.76. The van der Waals surface area contributed by atoms with Crippen molar-refractivity contribution in [2.24, 2.45) is 12.8 Å². The summed E-state index contributed by atoms with van der Waals surface area (Å²) in [6.45, 7) is 3.06. The van der Waals surface area contributed by atoms with Gasteiger partial charge >= 0.3 is 0 Å². The average Bonchev–Trinajstić information content (AvgIpc) is 2.62. The third-order valence-corrected chi connectivity index (χ3v) is 2.46. The van der Waals surface area contributed by atoms with Gasteiger partial charge in [-0.3, -0.25) is 9.58 Å². The lowest BCUT2D eigenvalue weighted by Gasteiger charge is -2.12. The van der Waals surface area contributed by atoms with E-state index < -0.39 is 0 Å². The Labute approximate surface area is 78.3 Å². The Bertz CT molecular complexity index is 281. The monoisotopic (exact) mass is 180 g/mol. The minimum Gasteiger partial charge on any atom is -0.326 e. The first-order valence-corrected chi connectivity index (χ1v) is 4.70. The summed E-state index contributed by atoms with van der Waals surface area (Å²) in [6.07, 6.45) is 3.10. The fourth-order valence-electron chi connectivity index (χ4n) is 1.78. The van der Waals surface area contributed by atoms with Crippen LogP contribution in [0.25, 0.3) is 0 Å². The zero-order valence-electron chi connectivity index (χ0n) is 7.98. The van der Waals surface area contributed by atoms with E-state index in [1.807, 2.05) is 17.9 Å². The SMILES string of the molecule is Cn1ccc(CN2CCC(N)C2)n1. The summed E-state index contributed by atoms with van der Waals surface area (Å²) >= 11 is 0. The molecule has 0 aromatic carbocycles. The van der Waals surface area contributed by atoms with Gasteiger partial charge in [0, 0.05) is 38.9 Å². The number of rotatable bonds is 2. The lowest BCUT2D eigenvalue weighted by molar-refractivity contribution is 0.321. The fourth-order valence-corrected chi connectivity index (χ4v) is 1.78. The molecule has 0 spiro atoms. The molecule has 72 valence electrons. The third-order valence-electron chi connectivity index (χ3n) is 2.46. The fraction of sp³-hybridized carbons (Fsp3) is 0.667. The number of aromatic nitrogens is 2.